The number of anilines is 1. The first-order chi connectivity index (χ1) is 14.9. The number of hydrogen-bond acceptors (Lipinski definition) is 5. The highest BCUT2D eigenvalue weighted by Crippen LogP contribution is 2.40. The molecule has 1 aliphatic heterocycles. The van der Waals surface area contributed by atoms with Gasteiger partial charge in [-0.15, -0.1) is 0 Å². The molecule has 6 nitrogen and oxygen atoms in total. The molecule has 0 atom stereocenters. The summed E-state index contributed by atoms with van der Waals surface area (Å²) in [5, 5.41) is 9.47. The quantitative estimate of drug-likeness (QED) is 0.647. The summed E-state index contributed by atoms with van der Waals surface area (Å²) in [6, 6.07) is 1.16. The molecule has 0 aromatic carbocycles. The highest BCUT2D eigenvalue weighted by Gasteiger charge is 2.30. The molecule has 0 bridgehead atoms. The molecule has 1 saturated heterocycles. The van der Waals surface area contributed by atoms with Crippen LogP contribution < -0.4 is 9.64 Å². The van der Waals surface area contributed by atoms with Crippen molar-refractivity contribution in [3.63, 3.8) is 0 Å². The van der Waals surface area contributed by atoms with Crippen LogP contribution in [0, 0.1) is 18.2 Å². The van der Waals surface area contributed by atoms with Crippen LogP contribution in [-0.2, 0) is 11.2 Å². The molecular weight excluding hydrogens is 423 g/mol. The predicted octanol–water partition coefficient (Wildman–Crippen LogP) is 4.88. The number of hydrogen-bond donors (Lipinski definition) is 1. The van der Waals surface area contributed by atoms with E-state index in [2.05, 4.69) is 28.7 Å². The third kappa shape index (κ3) is 5.69. The fourth-order valence-electron chi connectivity index (χ4n) is 3.78. The first-order valence-corrected chi connectivity index (χ1v) is 10.5. The van der Waals surface area contributed by atoms with E-state index in [4.69, 9.17) is 4.74 Å². The summed E-state index contributed by atoms with van der Waals surface area (Å²) in [6.45, 7) is 7.27. The van der Waals surface area contributed by atoms with Crippen molar-refractivity contribution in [2.75, 3.05) is 24.6 Å². The zero-order valence-electron chi connectivity index (χ0n) is 18.7. The second-order valence-corrected chi connectivity index (χ2v) is 9.18. The molecule has 2 aromatic heterocycles. The van der Waals surface area contributed by atoms with Crippen LogP contribution in [-0.4, -0.2) is 46.7 Å². The lowest BCUT2D eigenvalue weighted by atomic mass is 9.82. The standard InChI is InChI=1S/C23H28F3N3O3/c1-14-16(10-19(30)31)20(29-7-5-22(2,3)6-8-29)17(12-27-14)15-9-18(24)21(28-11-15)32-13-23(4,25)26/h9,11-12H,5-8,10,13H2,1-4H3,(H,30,31). The van der Waals surface area contributed by atoms with Gasteiger partial charge in [0.05, 0.1) is 12.1 Å². The molecule has 32 heavy (non-hydrogen) atoms. The van der Waals surface area contributed by atoms with Gasteiger partial charge in [0.1, 0.15) is 0 Å². The number of nitrogens with zero attached hydrogens (tertiary/aromatic N) is 3. The lowest BCUT2D eigenvalue weighted by Crippen LogP contribution is -2.38. The van der Waals surface area contributed by atoms with Crippen LogP contribution in [0.25, 0.3) is 11.1 Å². The largest absolute Gasteiger partial charge is 0.481 e. The summed E-state index contributed by atoms with van der Waals surface area (Å²) in [5.74, 6) is -5.49. The van der Waals surface area contributed by atoms with Gasteiger partial charge in [-0.1, -0.05) is 13.8 Å². The zero-order valence-corrected chi connectivity index (χ0v) is 18.7. The predicted molar refractivity (Wildman–Crippen MR) is 115 cm³/mol. The molecule has 174 valence electrons. The Balaban J connectivity index is 2.04. The minimum atomic E-state index is -3.12. The molecule has 0 aliphatic carbocycles. The van der Waals surface area contributed by atoms with E-state index in [0.717, 1.165) is 32.0 Å². The molecular formula is C23H28F3N3O3. The van der Waals surface area contributed by atoms with Gasteiger partial charge in [-0.25, -0.2) is 18.2 Å². The summed E-state index contributed by atoms with van der Waals surface area (Å²) in [4.78, 5) is 21.9. The van der Waals surface area contributed by atoms with E-state index in [-0.39, 0.29) is 11.8 Å². The summed E-state index contributed by atoms with van der Waals surface area (Å²) >= 11 is 0. The van der Waals surface area contributed by atoms with Gasteiger partial charge in [-0.05, 0) is 31.2 Å². The SMILES string of the molecule is Cc1ncc(-c2cnc(OCC(C)(F)F)c(F)c2)c(N2CCC(C)(C)CC2)c1CC(=O)O. The minimum absolute atomic E-state index is 0.180. The highest BCUT2D eigenvalue weighted by atomic mass is 19.3. The molecule has 3 heterocycles. The van der Waals surface area contributed by atoms with E-state index in [0.29, 0.717) is 35.0 Å². The number of carbonyl (C=O) groups is 1. The van der Waals surface area contributed by atoms with Crippen molar-refractivity contribution in [1.82, 2.24) is 9.97 Å². The summed E-state index contributed by atoms with van der Waals surface area (Å²) in [6.07, 6.45) is 4.54. The van der Waals surface area contributed by atoms with E-state index in [1.807, 2.05) is 0 Å². The van der Waals surface area contributed by atoms with E-state index in [1.165, 1.54) is 6.20 Å². The molecule has 0 unspecified atom stereocenters. The molecule has 2 aromatic rings. The smallest absolute Gasteiger partial charge is 0.307 e. The van der Waals surface area contributed by atoms with E-state index in [9.17, 15) is 23.1 Å². The monoisotopic (exact) mass is 451 g/mol. The van der Waals surface area contributed by atoms with E-state index < -0.39 is 30.2 Å². The van der Waals surface area contributed by atoms with Gasteiger partial charge >= 0.3 is 5.97 Å². The third-order valence-electron chi connectivity index (χ3n) is 5.71. The molecule has 1 fully saturated rings. The number of halogens is 3. The van der Waals surface area contributed by atoms with Crippen LogP contribution >= 0.6 is 0 Å². The van der Waals surface area contributed by atoms with Crippen LogP contribution in [0.4, 0.5) is 18.9 Å². The normalized spacial score (nSPS) is 16.2. The maximum Gasteiger partial charge on any atom is 0.307 e. The number of aromatic nitrogens is 2. The van der Waals surface area contributed by atoms with Gasteiger partial charge < -0.3 is 14.7 Å². The maximum absolute atomic E-state index is 14.6. The van der Waals surface area contributed by atoms with Crippen LogP contribution in [0.1, 0.15) is 44.9 Å². The first-order valence-electron chi connectivity index (χ1n) is 10.5. The Morgan fingerprint density at radius 3 is 2.47 bits per heavy atom. The van der Waals surface area contributed by atoms with E-state index in [1.54, 1.807) is 13.1 Å². The Hall–Kier alpha value is -2.84. The highest BCUT2D eigenvalue weighted by molar-refractivity contribution is 5.84. The van der Waals surface area contributed by atoms with Crippen molar-refractivity contribution < 1.29 is 27.8 Å². The minimum Gasteiger partial charge on any atom is -0.481 e. The molecule has 0 saturated carbocycles. The Labute approximate surface area is 185 Å². The number of carboxylic acid groups (broad SMARTS) is 1. The van der Waals surface area contributed by atoms with Gasteiger partial charge in [0.2, 0.25) is 0 Å². The van der Waals surface area contributed by atoms with Gasteiger partial charge in [0, 0.05) is 54.8 Å². The van der Waals surface area contributed by atoms with Crippen molar-refractivity contribution in [2.45, 2.75) is 52.9 Å². The molecule has 1 N–H and O–H groups in total. The van der Waals surface area contributed by atoms with Gasteiger partial charge in [0.15, 0.2) is 12.4 Å². The Kier molecular flexibility index (Phi) is 6.67. The number of carboxylic acids is 1. The van der Waals surface area contributed by atoms with Gasteiger partial charge in [0.25, 0.3) is 11.8 Å². The van der Waals surface area contributed by atoms with E-state index >= 15 is 0 Å². The number of aryl methyl sites for hydroxylation is 1. The molecule has 0 radical (unpaired) electrons. The summed E-state index contributed by atoms with van der Waals surface area (Å²) in [5.41, 5.74) is 2.96. The molecule has 0 spiro atoms. The lowest BCUT2D eigenvalue weighted by Gasteiger charge is -2.40. The number of rotatable bonds is 7. The molecule has 9 heteroatoms. The molecule has 1 aliphatic rings. The Bertz CT molecular complexity index is 996. The van der Waals surface area contributed by atoms with Crippen molar-refractivity contribution in [3.05, 3.63) is 35.5 Å². The van der Waals surface area contributed by atoms with Crippen molar-refractivity contribution in [1.29, 1.82) is 0 Å². The van der Waals surface area contributed by atoms with Crippen LogP contribution in [0.15, 0.2) is 18.5 Å². The van der Waals surface area contributed by atoms with Crippen molar-refractivity contribution >= 4 is 11.7 Å². The first kappa shape index (κ1) is 23.8. The fraction of sp³-hybridized carbons (Fsp3) is 0.522. The second-order valence-electron chi connectivity index (χ2n) is 9.18. The number of ether oxygens (including phenoxy) is 1. The van der Waals surface area contributed by atoms with Crippen LogP contribution in [0.3, 0.4) is 0 Å². The maximum atomic E-state index is 14.6. The number of pyridine rings is 2. The summed E-state index contributed by atoms with van der Waals surface area (Å²) < 4.78 is 45.5. The van der Waals surface area contributed by atoms with Crippen LogP contribution in [0.2, 0.25) is 0 Å². The molecule has 3 rings (SSSR count). The molecule has 0 amide bonds. The van der Waals surface area contributed by atoms with Gasteiger partial charge in [-0.3, -0.25) is 9.78 Å². The van der Waals surface area contributed by atoms with Crippen molar-refractivity contribution in [2.24, 2.45) is 5.41 Å². The Morgan fingerprint density at radius 1 is 1.25 bits per heavy atom. The van der Waals surface area contributed by atoms with Crippen LogP contribution in [0.5, 0.6) is 5.88 Å². The second kappa shape index (κ2) is 8.96. The third-order valence-corrected chi connectivity index (χ3v) is 5.71. The topological polar surface area (TPSA) is 75.6 Å². The average molecular weight is 451 g/mol. The zero-order chi connectivity index (χ0) is 23.7. The number of alkyl halides is 2. The lowest BCUT2D eigenvalue weighted by molar-refractivity contribution is -0.136. The average Bonchev–Trinajstić information content (AvgIpc) is 2.68. The number of piperidine rings is 1. The number of aliphatic carboxylic acids is 1. The Morgan fingerprint density at radius 2 is 1.91 bits per heavy atom. The van der Waals surface area contributed by atoms with Crippen molar-refractivity contribution in [3.8, 4) is 17.0 Å². The van der Waals surface area contributed by atoms with Gasteiger partial charge in [-0.2, -0.15) is 0 Å². The summed E-state index contributed by atoms with van der Waals surface area (Å²) in [7, 11) is 0. The fourth-order valence-corrected chi connectivity index (χ4v) is 3.78.